The van der Waals surface area contributed by atoms with Crippen LogP contribution in [0.15, 0.2) is 60.0 Å². The lowest BCUT2D eigenvalue weighted by molar-refractivity contribution is 0.178. The lowest BCUT2D eigenvalue weighted by Crippen LogP contribution is -2.52. The van der Waals surface area contributed by atoms with Crippen molar-refractivity contribution in [3.8, 4) is 10.7 Å². The molecule has 1 fully saturated rings. The molecule has 0 bridgehead atoms. The van der Waals surface area contributed by atoms with E-state index in [-0.39, 0.29) is 11.9 Å². The lowest BCUT2D eigenvalue weighted by Gasteiger charge is -2.40. The van der Waals surface area contributed by atoms with Crippen molar-refractivity contribution < 1.29 is 4.39 Å². The number of benzene rings is 2. The third kappa shape index (κ3) is 3.72. The number of hydrogen-bond donors (Lipinski definition) is 0. The van der Waals surface area contributed by atoms with Gasteiger partial charge in [-0.2, -0.15) is 0 Å². The Morgan fingerprint density at radius 2 is 1.97 bits per heavy atom. The lowest BCUT2D eigenvalue weighted by atomic mass is 10.1. The molecule has 0 spiro atoms. The predicted molar refractivity (Wildman–Crippen MR) is 135 cm³/mol. The number of halogens is 2. The van der Waals surface area contributed by atoms with Crippen LogP contribution in [0.4, 0.5) is 10.3 Å². The summed E-state index contributed by atoms with van der Waals surface area (Å²) in [6, 6.07) is 16.9. The Bertz CT molecular complexity index is 1480. The van der Waals surface area contributed by atoms with E-state index < -0.39 is 0 Å². The third-order valence-corrected chi connectivity index (χ3v) is 7.51. The van der Waals surface area contributed by atoms with E-state index in [2.05, 4.69) is 31.3 Å². The SMILES string of the molecule is C[C@H]1CN(c2nc3cc(Cl)ccc3c3nnc(-c4cccs4)n23)CCN1Cc1ccccc1F. The number of thiophene rings is 1. The fraction of sp³-hybridized carbons (Fsp3) is 0.240. The van der Waals surface area contributed by atoms with Gasteiger partial charge in [0.15, 0.2) is 11.5 Å². The second kappa shape index (κ2) is 8.61. The molecule has 2 aromatic carbocycles. The van der Waals surface area contributed by atoms with E-state index in [1.165, 1.54) is 6.07 Å². The summed E-state index contributed by atoms with van der Waals surface area (Å²) in [5.74, 6) is 1.43. The van der Waals surface area contributed by atoms with Gasteiger partial charge < -0.3 is 4.90 Å². The summed E-state index contributed by atoms with van der Waals surface area (Å²) in [7, 11) is 0. The Balaban J connectivity index is 1.40. The fourth-order valence-corrected chi connectivity index (χ4v) is 5.49. The first-order chi connectivity index (χ1) is 16.6. The van der Waals surface area contributed by atoms with Crippen LogP contribution in [0, 0.1) is 5.82 Å². The minimum Gasteiger partial charge on any atom is -0.339 e. The van der Waals surface area contributed by atoms with E-state index in [9.17, 15) is 4.39 Å². The van der Waals surface area contributed by atoms with Gasteiger partial charge in [-0.1, -0.05) is 35.9 Å². The zero-order chi connectivity index (χ0) is 23.2. The molecule has 1 saturated heterocycles. The van der Waals surface area contributed by atoms with Crippen LogP contribution in [0.5, 0.6) is 0 Å². The summed E-state index contributed by atoms with van der Waals surface area (Å²) >= 11 is 7.92. The highest BCUT2D eigenvalue weighted by molar-refractivity contribution is 7.13. The summed E-state index contributed by atoms with van der Waals surface area (Å²) in [5.41, 5.74) is 2.28. The van der Waals surface area contributed by atoms with E-state index in [0.29, 0.717) is 11.6 Å². The number of aromatic nitrogens is 4. The van der Waals surface area contributed by atoms with Crippen molar-refractivity contribution in [1.82, 2.24) is 24.5 Å². The number of hydrogen-bond acceptors (Lipinski definition) is 6. The quantitative estimate of drug-likeness (QED) is 0.331. The van der Waals surface area contributed by atoms with Crippen molar-refractivity contribution in [2.75, 3.05) is 24.5 Å². The Kier molecular flexibility index (Phi) is 5.44. The van der Waals surface area contributed by atoms with Gasteiger partial charge in [0.25, 0.3) is 0 Å². The van der Waals surface area contributed by atoms with Crippen LogP contribution in [0.2, 0.25) is 5.02 Å². The molecule has 3 aromatic heterocycles. The second-order valence-corrected chi connectivity index (χ2v) is 9.97. The molecule has 172 valence electrons. The zero-order valence-electron chi connectivity index (χ0n) is 18.5. The molecule has 4 heterocycles. The molecule has 0 saturated carbocycles. The molecule has 1 aliphatic heterocycles. The van der Waals surface area contributed by atoms with Crippen molar-refractivity contribution in [2.24, 2.45) is 0 Å². The fourth-order valence-electron chi connectivity index (χ4n) is 4.63. The average molecular weight is 493 g/mol. The van der Waals surface area contributed by atoms with Crippen LogP contribution in [0.3, 0.4) is 0 Å². The number of piperazine rings is 1. The first-order valence-corrected chi connectivity index (χ1v) is 12.4. The number of nitrogens with zero attached hydrogens (tertiary/aromatic N) is 6. The normalized spacial score (nSPS) is 17.1. The average Bonchev–Trinajstić information content (AvgIpc) is 3.51. The smallest absolute Gasteiger partial charge is 0.213 e. The van der Waals surface area contributed by atoms with E-state index in [1.54, 1.807) is 17.4 Å². The summed E-state index contributed by atoms with van der Waals surface area (Å²) in [6.07, 6.45) is 0. The monoisotopic (exact) mass is 492 g/mol. The van der Waals surface area contributed by atoms with E-state index >= 15 is 0 Å². The Labute approximate surface area is 205 Å². The molecular weight excluding hydrogens is 471 g/mol. The maximum absolute atomic E-state index is 14.2. The van der Waals surface area contributed by atoms with Crippen LogP contribution < -0.4 is 4.90 Å². The minimum absolute atomic E-state index is 0.156. The van der Waals surface area contributed by atoms with Gasteiger partial charge in [-0.05, 0) is 42.6 Å². The molecule has 9 heteroatoms. The summed E-state index contributed by atoms with van der Waals surface area (Å²) in [5, 5.41) is 12.7. The predicted octanol–water partition coefficient (Wildman–Crippen LogP) is 5.51. The summed E-state index contributed by atoms with van der Waals surface area (Å²) < 4.78 is 16.3. The van der Waals surface area contributed by atoms with Gasteiger partial charge in [0.1, 0.15) is 5.82 Å². The topological polar surface area (TPSA) is 49.6 Å². The molecule has 0 radical (unpaired) electrons. The van der Waals surface area contributed by atoms with Gasteiger partial charge in [0, 0.05) is 48.2 Å². The maximum atomic E-state index is 14.2. The van der Waals surface area contributed by atoms with Crippen LogP contribution in [-0.2, 0) is 6.54 Å². The molecule has 6 nitrogen and oxygen atoms in total. The van der Waals surface area contributed by atoms with Gasteiger partial charge in [-0.15, -0.1) is 21.5 Å². The van der Waals surface area contributed by atoms with Gasteiger partial charge >= 0.3 is 0 Å². The number of fused-ring (bicyclic) bond motifs is 3. The van der Waals surface area contributed by atoms with Crippen molar-refractivity contribution >= 4 is 45.4 Å². The van der Waals surface area contributed by atoms with Crippen molar-refractivity contribution in [2.45, 2.75) is 19.5 Å². The molecule has 0 amide bonds. The standard InChI is InChI=1S/C25H22ClFN6S/c1-16-14-32(11-10-31(16)15-17-5-2-3-6-20(17)27)25-28-21-13-18(26)8-9-19(21)23-29-30-24(33(23)25)22-7-4-12-34-22/h2-9,12-13,16H,10-11,14-15H2,1H3/t16-/m0/s1. The molecule has 5 aromatic rings. The zero-order valence-corrected chi connectivity index (χ0v) is 20.1. The number of rotatable bonds is 4. The van der Waals surface area contributed by atoms with Crippen molar-refractivity contribution in [3.63, 3.8) is 0 Å². The minimum atomic E-state index is -0.156. The molecule has 0 unspecified atom stereocenters. The molecule has 34 heavy (non-hydrogen) atoms. The van der Waals surface area contributed by atoms with E-state index in [0.717, 1.165) is 58.4 Å². The van der Waals surface area contributed by atoms with Gasteiger partial charge in [-0.25, -0.2) is 13.8 Å². The van der Waals surface area contributed by atoms with Crippen LogP contribution >= 0.6 is 22.9 Å². The van der Waals surface area contributed by atoms with Crippen LogP contribution in [-0.4, -0.2) is 50.2 Å². The Hall–Kier alpha value is -3.07. The molecule has 1 aliphatic rings. The first-order valence-electron chi connectivity index (χ1n) is 11.2. The second-order valence-electron chi connectivity index (χ2n) is 8.59. The van der Waals surface area contributed by atoms with E-state index in [1.807, 2.05) is 47.8 Å². The van der Waals surface area contributed by atoms with Crippen LogP contribution in [0.1, 0.15) is 12.5 Å². The number of anilines is 1. The maximum Gasteiger partial charge on any atom is 0.213 e. The summed E-state index contributed by atoms with van der Waals surface area (Å²) in [4.78, 5) is 10.7. The molecule has 6 rings (SSSR count). The van der Waals surface area contributed by atoms with Gasteiger partial charge in [-0.3, -0.25) is 4.90 Å². The molecular formula is C25H22ClFN6S. The van der Waals surface area contributed by atoms with E-state index in [4.69, 9.17) is 16.6 Å². The molecule has 1 atom stereocenters. The Morgan fingerprint density at radius 1 is 1.09 bits per heavy atom. The first kappa shape index (κ1) is 21.5. The largest absolute Gasteiger partial charge is 0.339 e. The van der Waals surface area contributed by atoms with Crippen LogP contribution in [0.25, 0.3) is 27.3 Å². The van der Waals surface area contributed by atoms with Crippen molar-refractivity contribution in [1.29, 1.82) is 0 Å². The molecule has 0 aliphatic carbocycles. The summed E-state index contributed by atoms with van der Waals surface area (Å²) in [6.45, 7) is 5.07. The highest BCUT2D eigenvalue weighted by Crippen LogP contribution is 2.32. The third-order valence-electron chi connectivity index (χ3n) is 6.40. The highest BCUT2D eigenvalue weighted by atomic mass is 35.5. The Morgan fingerprint density at radius 3 is 2.76 bits per heavy atom. The highest BCUT2D eigenvalue weighted by Gasteiger charge is 2.28. The van der Waals surface area contributed by atoms with Gasteiger partial charge in [0.2, 0.25) is 5.95 Å². The van der Waals surface area contributed by atoms with Gasteiger partial charge in [0.05, 0.1) is 10.4 Å². The van der Waals surface area contributed by atoms with Crippen molar-refractivity contribution in [3.05, 3.63) is 76.4 Å². The molecule has 0 N–H and O–H groups in total.